The number of carbonyl (C=O) groups is 1. The minimum atomic E-state index is -0.0223. The molecule has 4 aliphatic carbocycles. The number of carbonyl (C=O) groups excluding carboxylic acids is 1. The minimum absolute atomic E-state index is 0.0223. The van der Waals surface area contributed by atoms with Gasteiger partial charge in [-0.15, -0.1) is 10.2 Å². The quantitative estimate of drug-likeness (QED) is 0.701. The van der Waals surface area contributed by atoms with E-state index < -0.39 is 0 Å². The lowest BCUT2D eigenvalue weighted by molar-refractivity contribution is -0.141. The Morgan fingerprint density at radius 3 is 2.22 bits per heavy atom. The second-order valence-electron chi connectivity index (χ2n) is 9.11. The lowest BCUT2D eigenvalue weighted by Crippen LogP contribution is -2.50. The third kappa shape index (κ3) is 3.04. The molecule has 4 aliphatic rings. The van der Waals surface area contributed by atoms with Gasteiger partial charge in [-0.05, 0) is 82.3 Å². The first-order chi connectivity index (χ1) is 13.0. The van der Waals surface area contributed by atoms with Crippen molar-refractivity contribution in [2.24, 2.45) is 23.2 Å². The number of nitrogens with zero attached hydrogens (tertiary/aromatic N) is 3. The summed E-state index contributed by atoms with van der Waals surface area (Å²) in [6, 6.07) is 8.39. The first-order valence-corrected chi connectivity index (χ1v) is 11.2. The van der Waals surface area contributed by atoms with E-state index in [4.69, 9.17) is 0 Å². The van der Waals surface area contributed by atoms with E-state index in [1.807, 2.05) is 6.92 Å². The van der Waals surface area contributed by atoms with Crippen LogP contribution < -0.4 is 0 Å². The summed E-state index contributed by atoms with van der Waals surface area (Å²) < 4.78 is 2.07. The number of hydrogen-bond donors (Lipinski definition) is 0. The van der Waals surface area contributed by atoms with Crippen LogP contribution in [0.15, 0.2) is 29.4 Å². The van der Waals surface area contributed by atoms with Gasteiger partial charge in [-0.2, -0.15) is 0 Å². The van der Waals surface area contributed by atoms with Crippen LogP contribution in [0.1, 0.15) is 49.9 Å². The molecule has 4 bridgehead atoms. The van der Waals surface area contributed by atoms with Crippen molar-refractivity contribution >= 4 is 17.5 Å². The Balaban J connectivity index is 1.34. The number of thioether (sulfide) groups is 1. The van der Waals surface area contributed by atoms with Crippen LogP contribution in [0.5, 0.6) is 0 Å². The fraction of sp³-hybridized carbons (Fsp3) is 0.591. The lowest BCUT2D eigenvalue weighted by Gasteiger charge is -2.56. The molecule has 4 nitrogen and oxygen atoms in total. The van der Waals surface area contributed by atoms with Gasteiger partial charge in [0.1, 0.15) is 11.6 Å². The number of hydrogen-bond acceptors (Lipinski definition) is 4. The molecule has 0 unspecified atom stereocenters. The maximum Gasteiger partial charge on any atom is 0.196 e. The Bertz CT molecular complexity index is 835. The van der Waals surface area contributed by atoms with Crippen molar-refractivity contribution in [3.63, 3.8) is 0 Å². The molecule has 2 aromatic rings. The van der Waals surface area contributed by atoms with Crippen molar-refractivity contribution in [2.75, 3.05) is 5.75 Å². The smallest absolute Gasteiger partial charge is 0.196 e. The predicted molar refractivity (Wildman–Crippen MR) is 107 cm³/mol. The predicted octanol–water partition coefficient (Wildman–Crippen LogP) is 4.76. The van der Waals surface area contributed by atoms with E-state index in [9.17, 15) is 4.79 Å². The maximum atomic E-state index is 13.3. The van der Waals surface area contributed by atoms with Crippen LogP contribution in [0.2, 0.25) is 0 Å². The molecule has 27 heavy (non-hydrogen) atoms. The zero-order chi connectivity index (χ0) is 18.6. The van der Waals surface area contributed by atoms with Crippen LogP contribution in [0, 0.1) is 37.0 Å². The van der Waals surface area contributed by atoms with Gasteiger partial charge >= 0.3 is 0 Å². The van der Waals surface area contributed by atoms with E-state index in [-0.39, 0.29) is 5.41 Å². The molecule has 4 saturated carbocycles. The van der Waals surface area contributed by atoms with Crippen molar-refractivity contribution in [1.82, 2.24) is 14.8 Å². The van der Waals surface area contributed by atoms with Gasteiger partial charge in [0, 0.05) is 11.1 Å². The first kappa shape index (κ1) is 17.5. The fourth-order valence-corrected chi connectivity index (χ4v) is 7.19. The number of rotatable bonds is 5. The third-order valence-corrected chi connectivity index (χ3v) is 7.98. The maximum absolute atomic E-state index is 13.3. The van der Waals surface area contributed by atoms with Crippen molar-refractivity contribution in [3.05, 3.63) is 35.7 Å². The van der Waals surface area contributed by atoms with Crippen LogP contribution in [-0.2, 0) is 4.79 Å². The molecule has 142 valence electrons. The van der Waals surface area contributed by atoms with Crippen LogP contribution >= 0.6 is 11.8 Å². The molecule has 0 radical (unpaired) electrons. The molecule has 4 fully saturated rings. The second-order valence-corrected chi connectivity index (χ2v) is 10.1. The summed E-state index contributed by atoms with van der Waals surface area (Å²) in [6.45, 7) is 4.06. The van der Waals surface area contributed by atoms with Crippen LogP contribution in [0.25, 0.3) is 5.69 Å². The highest BCUT2D eigenvalue weighted by Gasteiger charge is 2.54. The molecule has 0 amide bonds. The lowest BCUT2D eigenvalue weighted by atomic mass is 9.48. The number of Topliss-reactive ketones (excluding diaryl/α,β-unsaturated/α-hetero) is 1. The molecule has 0 spiro atoms. The monoisotopic (exact) mass is 381 g/mol. The summed E-state index contributed by atoms with van der Waals surface area (Å²) in [5.41, 5.74) is 2.27. The summed E-state index contributed by atoms with van der Waals surface area (Å²) in [5.74, 6) is 4.28. The Morgan fingerprint density at radius 1 is 1.04 bits per heavy atom. The Labute approximate surface area is 165 Å². The standard InChI is InChI=1S/C22H27N3OS/c1-14-3-5-19(6-4-14)25-15(2)23-24-21(25)27-13-20(26)22-10-16-7-17(11-22)9-18(8-16)12-22/h3-6,16-18H,7-13H2,1-2H3. The second kappa shape index (κ2) is 6.47. The topological polar surface area (TPSA) is 47.8 Å². The summed E-state index contributed by atoms with van der Waals surface area (Å²) in [5, 5.41) is 9.45. The molecular formula is C22H27N3OS. The van der Waals surface area contributed by atoms with E-state index in [1.165, 1.54) is 24.8 Å². The SMILES string of the molecule is Cc1ccc(-n2c(C)nnc2SCC(=O)C23CC4CC(CC(C4)C2)C3)cc1. The number of ketones is 1. The summed E-state index contributed by atoms with van der Waals surface area (Å²) in [7, 11) is 0. The molecule has 6 rings (SSSR count). The number of aromatic nitrogens is 3. The first-order valence-electron chi connectivity index (χ1n) is 10.2. The Morgan fingerprint density at radius 2 is 1.63 bits per heavy atom. The highest BCUT2D eigenvalue weighted by molar-refractivity contribution is 7.99. The molecule has 0 saturated heterocycles. The highest BCUT2D eigenvalue weighted by Crippen LogP contribution is 2.60. The summed E-state index contributed by atoms with van der Waals surface area (Å²) in [4.78, 5) is 13.3. The molecule has 0 aliphatic heterocycles. The van der Waals surface area contributed by atoms with Gasteiger partial charge in [-0.1, -0.05) is 29.5 Å². The molecule has 1 aromatic carbocycles. The van der Waals surface area contributed by atoms with Crippen molar-refractivity contribution in [1.29, 1.82) is 0 Å². The fourth-order valence-electron chi connectivity index (χ4n) is 6.16. The van der Waals surface area contributed by atoms with Crippen LogP contribution in [0.4, 0.5) is 0 Å². The van der Waals surface area contributed by atoms with E-state index in [0.717, 1.165) is 53.7 Å². The molecule has 5 heteroatoms. The summed E-state index contributed by atoms with van der Waals surface area (Å²) in [6.07, 6.45) is 7.55. The van der Waals surface area contributed by atoms with E-state index in [2.05, 4.69) is 46.0 Å². The van der Waals surface area contributed by atoms with Crippen LogP contribution in [0.3, 0.4) is 0 Å². The van der Waals surface area contributed by atoms with E-state index >= 15 is 0 Å². The Hall–Kier alpha value is -1.62. The average molecular weight is 382 g/mol. The van der Waals surface area contributed by atoms with E-state index in [1.54, 1.807) is 11.8 Å². The van der Waals surface area contributed by atoms with Gasteiger partial charge in [-0.25, -0.2) is 0 Å². The Kier molecular flexibility index (Phi) is 4.19. The van der Waals surface area contributed by atoms with Gasteiger partial charge in [0.25, 0.3) is 0 Å². The normalized spacial score (nSPS) is 31.4. The molecule has 1 aromatic heterocycles. The molecular weight excluding hydrogens is 354 g/mol. The van der Waals surface area contributed by atoms with Crippen molar-refractivity contribution in [2.45, 2.75) is 57.5 Å². The average Bonchev–Trinajstić information content (AvgIpc) is 3.00. The summed E-state index contributed by atoms with van der Waals surface area (Å²) >= 11 is 1.56. The molecule has 0 atom stereocenters. The van der Waals surface area contributed by atoms with Gasteiger partial charge in [0.05, 0.1) is 5.75 Å². The van der Waals surface area contributed by atoms with Gasteiger partial charge < -0.3 is 0 Å². The molecule has 1 heterocycles. The third-order valence-electron chi connectivity index (χ3n) is 7.05. The molecule has 0 N–H and O–H groups in total. The number of benzene rings is 1. The van der Waals surface area contributed by atoms with Crippen molar-refractivity contribution in [3.8, 4) is 5.69 Å². The van der Waals surface area contributed by atoms with Crippen LogP contribution in [-0.4, -0.2) is 26.3 Å². The zero-order valence-corrected chi connectivity index (χ0v) is 17.0. The van der Waals surface area contributed by atoms with E-state index in [0.29, 0.717) is 11.5 Å². The van der Waals surface area contributed by atoms with Gasteiger partial charge in [0.2, 0.25) is 0 Å². The zero-order valence-electron chi connectivity index (χ0n) is 16.1. The largest absolute Gasteiger partial charge is 0.298 e. The van der Waals surface area contributed by atoms with Gasteiger partial charge in [0.15, 0.2) is 5.16 Å². The number of aryl methyl sites for hydroxylation is 2. The van der Waals surface area contributed by atoms with Crippen molar-refractivity contribution < 1.29 is 4.79 Å². The minimum Gasteiger partial charge on any atom is -0.298 e. The van der Waals surface area contributed by atoms with Gasteiger partial charge in [-0.3, -0.25) is 9.36 Å². The highest BCUT2D eigenvalue weighted by atomic mass is 32.2.